The van der Waals surface area contributed by atoms with Crippen LogP contribution in [0.4, 0.5) is 5.69 Å². The monoisotopic (exact) mass is 434 g/mol. The van der Waals surface area contributed by atoms with Crippen LogP contribution in [0.25, 0.3) is 11.3 Å². The quantitative estimate of drug-likeness (QED) is 0.572. The fourth-order valence-corrected chi connectivity index (χ4v) is 4.17. The van der Waals surface area contributed by atoms with E-state index in [1.165, 1.54) is 11.3 Å². The largest absolute Gasteiger partial charge is 0.486 e. The lowest BCUT2D eigenvalue weighted by Crippen LogP contribution is -2.48. The van der Waals surface area contributed by atoms with E-state index in [1.54, 1.807) is 0 Å². The highest BCUT2D eigenvalue weighted by molar-refractivity contribution is 5.64. The Hall–Kier alpha value is -3.03. The molecule has 1 N–H and O–H groups in total. The number of fused-ring (bicyclic) bond motifs is 1. The third-order valence-electron chi connectivity index (χ3n) is 6.07. The highest BCUT2D eigenvalue weighted by Gasteiger charge is 2.17. The van der Waals surface area contributed by atoms with Crippen molar-refractivity contribution in [3.63, 3.8) is 0 Å². The average Bonchev–Trinajstić information content (AvgIpc) is 3.31. The minimum absolute atomic E-state index is 0.575. The van der Waals surface area contributed by atoms with E-state index < -0.39 is 0 Å². The summed E-state index contributed by atoms with van der Waals surface area (Å²) in [7, 11) is 0. The van der Waals surface area contributed by atoms with Crippen molar-refractivity contribution in [3.8, 4) is 22.8 Å². The SMILES string of the molecule is Cc1ccc(N2CCN(CCNCc3cc(-c4ccc5c(c4)OCCO5)no3)CC2)cc1. The fraction of sp³-hybridized carbons (Fsp3) is 0.400. The van der Waals surface area contributed by atoms with E-state index in [0.717, 1.165) is 67.8 Å². The van der Waals surface area contributed by atoms with Gasteiger partial charge in [-0.2, -0.15) is 0 Å². The zero-order chi connectivity index (χ0) is 21.8. The molecule has 1 aromatic heterocycles. The molecule has 0 bridgehead atoms. The summed E-state index contributed by atoms with van der Waals surface area (Å²) in [4.78, 5) is 4.98. The number of hydrogen-bond acceptors (Lipinski definition) is 7. The van der Waals surface area contributed by atoms with Gasteiger partial charge in [-0.3, -0.25) is 4.90 Å². The Bertz CT molecular complexity index is 1030. The minimum atomic E-state index is 0.575. The minimum Gasteiger partial charge on any atom is -0.486 e. The zero-order valence-corrected chi connectivity index (χ0v) is 18.5. The summed E-state index contributed by atoms with van der Waals surface area (Å²) < 4.78 is 16.8. The summed E-state index contributed by atoms with van der Waals surface area (Å²) in [5.41, 5.74) is 4.41. The number of aryl methyl sites for hydroxylation is 1. The van der Waals surface area contributed by atoms with Gasteiger partial charge < -0.3 is 24.2 Å². The highest BCUT2D eigenvalue weighted by Crippen LogP contribution is 2.34. The fourth-order valence-electron chi connectivity index (χ4n) is 4.17. The van der Waals surface area contributed by atoms with Gasteiger partial charge in [-0.25, -0.2) is 0 Å². The molecule has 0 amide bonds. The van der Waals surface area contributed by atoms with Gasteiger partial charge >= 0.3 is 0 Å². The molecule has 7 nitrogen and oxygen atoms in total. The second kappa shape index (κ2) is 9.63. The van der Waals surface area contributed by atoms with E-state index in [1.807, 2.05) is 24.3 Å². The molecule has 0 unspecified atom stereocenters. The van der Waals surface area contributed by atoms with Gasteiger partial charge in [0.1, 0.15) is 18.9 Å². The first-order valence-electron chi connectivity index (χ1n) is 11.3. The van der Waals surface area contributed by atoms with Gasteiger partial charge in [-0.05, 0) is 37.3 Å². The summed E-state index contributed by atoms with van der Waals surface area (Å²) in [5.74, 6) is 2.38. The molecule has 32 heavy (non-hydrogen) atoms. The molecule has 168 valence electrons. The lowest BCUT2D eigenvalue weighted by Gasteiger charge is -2.36. The second-order valence-electron chi connectivity index (χ2n) is 8.38. The van der Waals surface area contributed by atoms with Crippen molar-refractivity contribution in [2.24, 2.45) is 0 Å². The molecule has 5 rings (SSSR count). The Kier molecular flexibility index (Phi) is 6.27. The topological polar surface area (TPSA) is 63.0 Å². The smallest absolute Gasteiger partial charge is 0.162 e. The first-order valence-corrected chi connectivity index (χ1v) is 11.3. The molecule has 1 saturated heterocycles. The van der Waals surface area contributed by atoms with Gasteiger partial charge in [0.15, 0.2) is 17.3 Å². The van der Waals surface area contributed by atoms with Gasteiger partial charge in [-0.1, -0.05) is 22.9 Å². The van der Waals surface area contributed by atoms with E-state index in [4.69, 9.17) is 14.0 Å². The Balaban J connectivity index is 1.05. The summed E-state index contributed by atoms with van der Waals surface area (Å²) in [6.45, 7) is 10.2. The van der Waals surface area contributed by atoms with Crippen LogP contribution in [0.1, 0.15) is 11.3 Å². The molecule has 0 atom stereocenters. The van der Waals surface area contributed by atoms with E-state index in [0.29, 0.717) is 19.8 Å². The van der Waals surface area contributed by atoms with Gasteiger partial charge in [0.2, 0.25) is 0 Å². The molecule has 1 fully saturated rings. The van der Waals surface area contributed by atoms with Crippen LogP contribution in [0.15, 0.2) is 53.1 Å². The maximum absolute atomic E-state index is 5.66. The van der Waals surface area contributed by atoms with E-state index in [2.05, 4.69) is 51.5 Å². The molecule has 3 aromatic rings. The van der Waals surface area contributed by atoms with Crippen molar-refractivity contribution in [2.75, 3.05) is 57.4 Å². The molecular weight excluding hydrogens is 404 g/mol. The molecule has 0 spiro atoms. The zero-order valence-electron chi connectivity index (χ0n) is 18.5. The molecule has 0 aliphatic carbocycles. The number of nitrogens with one attached hydrogen (secondary N) is 1. The number of hydrogen-bond donors (Lipinski definition) is 1. The van der Waals surface area contributed by atoms with E-state index >= 15 is 0 Å². The second-order valence-corrected chi connectivity index (χ2v) is 8.38. The van der Waals surface area contributed by atoms with Crippen LogP contribution in [0.3, 0.4) is 0 Å². The van der Waals surface area contributed by atoms with E-state index in [-0.39, 0.29) is 0 Å². The number of piperazine rings is 1. The van der Waals surface area contributed by atoms with Crippen molar-refractivity contribution in [1.82, 2.24) is 15.4 Å². The van der Waals surface area contributed by atoms with Crippen molar-refractivity contribution >= 4 is 5.69 Å². The maximum Gasteiger partial charge on any atom is 0.162 e. The predicted octanol–water partition coefficient (Wildman–Crippen LogP) is 3.33. The van der Waals surface area contributed by atoms with Gasteiger partial charge in [0, 0.05) is 56.6 Å². The molecule has 0 saturated carbocycles. The molecule has 0 radical (unpaired) electrons. The van der Waals surface area contributed by atoms with Crippen LogP contribution in [-0.4, -0.2) is 62.5 Å². The lowest BCUT2D eigenvalue weighted by atomic mass is 10.1. The van der Waals surface area contributed by atoms with Crippen LogP contribution in [-0.2, 0) is 6.54 Å². The van der Waals surface area contributed by atoms with Crippen LogP contribution < -0.4 is 19.7 Å². The molecule has 7 heteroatoms. The number of ether oxygens (including phenoxy) is 2. The molecule has 2 aliphatic heterocycles. The van der Waals surface area contributed by atoms with Crippen LogP contribution in [0.5, 0.6) is 11.5 Å². The number of benzene rings is 2. The third kappa shape index (κ3) is 4.89. The van der Waals surface area contributed by atoms with Crippen LogP contribution in [0, 0.1) is 6.92 Å². The molecule has 2 aliphatic rings. The van der Waals surface area contributed by atoms with Crippen LogP contribution >= 0.6 is 0 Å². The predicted molar refractivity (Wildman–Crippen MR) is 124 cm³/mol. The third-order valence-corrected chi connectivity index (χ3v) is 6.07. The summed E-state index contributed by atoms with van der Waals surface area (Å²) in [6, 6.07) is 16.7. The average molecular weight is 435 g/mol. The summed E-state index contributed by atoms with van der Waals surface area (Å²) in [5, 5.41) is 7.70. The standard InChI is InChI=1S/C25H30N4O3/c1-19-2-5-21(6-3-19)29-12-10-28(11-13-29)9-8-26-18-22-17-23(27-32-22)20-4-7-24-25(16-20)31-15-14-30-24/h2-7,16-17,26H,8-15,18H2,1H3. The number of anilines is 1. The van der Waals surface area contributed by atoms with Crippen molar-refractivity contribution in [2.45, 2.75) is 13.5 Å². The first-order chi connectivity index (χ1) is 15.7. The molecular formula is C25H30N4O3. The summed E-state index contributed by atoms with van der Waals surface area (Å²) in [6.07, 6.45) is 0. The molecule has 2 aromatic carbocycles. The Morgan fingerprint density at radius 1 is 0.906 bits per heavy atom. The first kappa shape index (κ1) is 20.8. The van der Waals surface area contributed by atoms with Gasteiger partial charge in [0.05, 0.1) is 6.54 Å². The molecule has 3 heterocycles. The Morgan fingerprint density at radius 3 is 2.50 bits per heavy atom. The maximum atomic E-state index is 5.66. The Labute approximate surface area is 188 Å². The van der Waals surface area contributed by atoms with E-state index in [9.17, 15) is 0 Å². The highest BCUT2D eigenvalue weighted by atomic mass is 16.6. The number of nitrogens with zero attached hydrogens (tertiary/aromatic N) is 3. The normalized spacial score (nSPS) is 16.3. The van der Waals surface area contributed by atoms with Gasteiger partial charge in [0.25, 0.3) is 0 Å². The van der Waals surface area contributed by atoms with Crippen LogP contribution in [0.2, 0.25) is 0 Å². The van der Waals surface area contributed by atoms with Crippen molar-refractivity contribution in [3.05, 3.63) is 59.9 Å². The van der Waals surface area contributed by atoms with Gasteiger partial charge in [-0.15, -0.1) is 0 Å². The number of rotatable bonds is 7. The number of aromatic nitrogens is 1. The van der Waals surface area contributed by atoms with Crippen molar-refractivity contribution < 1.29 is 14.0 Å². The summed E-state index contributed by atoms with van der Waals surface area (Å²) >= 11 is 0. The Morgan fingerprint density at radius 2 is 1.69 bits per heavy atom. The van der Waals surface area contributed by atoms with Crippen molar-refractivity contribution in [1.29, 1.82) is 0 Å². The lowest BCUT2D eigenvalue weighted by molar-refractivity contribution is 0.171.